The molecule has 0 saturated carbocycles. The number of aliphatic hydroxyl groups is 1. The van der Waals surface area contributed by atoms with Gasteiger partial charge in [-0.3, -0.25) is 9.89 Å². The first-order valence-corrected chi connectivity index (χ1v) is 7.13. The number of H-pyrrole nitrogens is 1. The van der Waals surface area contributed by atoms with E-state index in [0.717, 1.165) is 11.6 Å². The highest BCUT2D eigenvalue weighted by Crippen LogP contribution is 2.18. The largest absolute Gasteiger partial charge is 0.504 e. The van der Waals surface area contributed by atoms with Crippen LogP contribution >= 0.6 is 11.6 Å². The number of halogens is 1. The normalized spacial score (nSPS) is 11.6. The second-order valence-electron chi connectivity index (χ2n) is 4.80. The van der Waals surface area contributed by atoms with Crippen molar-refractivity contribution in [3.05, 3.63) is 76.7 Å². The SMILES string of the molecule is O=C(C=C(O)c1ncn[nH]1)c1ccc(Cc2cccc(Cl)c2)o1. The Bertz CT molecular complexity index is 853. The Morgan fingerprint density at radius 3 is 2.96 bits per heavy atom. The molecule has 2 heterocycles. The molecule has 2 N–H and O–H groups in total. The molecular formula is C16H12ClN3O3. The lowest BCUT2D eigenvalue weighted by atomic mass is 10.1. The molecule has 0 amide bonds. The fraction of sp³-hybridized carbons (Fsp3) is 0.0625. The summed E-state index contributed by atoms with van der Waals surface area (Å²) in [6, 6.07) is 10.7. The fourth-order valence-corrected chi connectivity index (χ4v) is 2.26. The van der Waals surface area contributed by atoms with Crippen molar-refractivity contribution in [1.29, 1.82) is 0 Å². The minimum atomic E-state index is -0.462. The summed E-state index contributed by atoms with van der Waals surface area (Å²) in [4.78, 5) is 15.8. The maximum absolute atomic E-state index is 12.1. The van der Waals surface area contributed by atoms with Gasteiger partial charge in [-0.25, -0.2) is 4.98 Å². The third-order valence-electron chi connectivity index (χ3n) is 3.10. The Hall–Kier alpha value is -2.86. The van der Waals surface area contributed by atoms with Gasteiger partial charge in [-0.15, -0.1) is 0 Å². The number of allylic oxidation sites excluding steroid dienone is 1. The summed E-state index contributed by atoms with van der Waals surface area (Å²) in [5, 5.41) is 16.5. The number of benzene rings is 1. The van der Waals surface area contributed by atoms with E-state index in [1.165, 1.54) is 6.33 Å². The summed E-state index contributed by atoms with van der Waals surface area (Å²) in [7, 11) is 0. The average molecular weight is 330 g/mol. The van der Waals surface area contributed by atoms with Crippen molar-refractivity contribution in [2.24, 2.45) is 0 Å². The number of aromatic nitrogens is 3. The Morgan fingerprint density at radius 1 is 1.35 bits per heavy atom. The number of carbonyl (C=O) groups is 1. The lowest BCUT2D eigenvalue weighted by Gasteiger charge is -1.99. The van der Waals surface area contributed by atoms with Gasteiger partial charge in [0.25, 0.3) is 0 Å². The molecule has 3 rings (SSSR count). The zero-order valence-electron chi connectivity index (χ0n) is 11.9. The molecule has 0 unspecified atom stereocenters. The van der Waals surface area contributed by atoms with Gasteiger partial charge < -0.3 is 9.52 Å². The summed E-state index contributed by atoms with van der Waals surface area (Å²) in [5.41, 5.74) is 0.978. The summed E-state index contributed by atoms with van der Waals surface area (Å²) >= 11 is 5.94. The van der Waals surface area contributed by atoms with Gasteiger partial charge in [0.2, 0.25) is 5.78 Å². The standard InChI is InChI=1S/C16H12ClN3O3/c17-11-3-1-2-10(6-11)7-12-4-5-15(23-12)13(21)8-14(22)16-18-9-19-20-16/h1-6,8-9,22H,7H2,(H,18,19,20). The zero-order chi connectivity index (χ0) is 16.2. The molecule has 1 aromatic carbocycles. The van der Waals surface area contributed by atoms with Crippen LogP contribution in [-0.2, 0) is 6.42 Å². The predicted octanol–water partition coefficient (Wildman–Crippen LogP) is 3.42. The van der Waals surface area contributed by atoms with Crippen molar-refractivity contribution in [3.8, 4) is 0 Å². The molecular weight excluding hydrogens is 318 g/mol. The molecule has 0 spiro atoms. The minimum Gasteiger partial charge on any atom is -0.504 e. The first kappa shape index (κ1) is 15.1. The summed E-state index contributed by atoms with van der Waals surface area (Å²) < 4.78 is 5.51. The van der Waals surface area contributed by atoms with Crippen LogP contribution in [0.5, 0.6) is 0 Å². The van der Waals surface area contributed by atoms with E-state index < -0.39 is 5.78 Å². The molecule has 3 aromatic rings. The average Bonchev–Trinajstić information content (AvgIpc) is 3.18. The lowest BCUT2D eigenvalue weighted by Crippen LogP contribution is -1.96. The first-order valence-electron chi connectivity index (χ1n) is 6.76. The molecule has 2 aromatic heterocycles. The second kappa shape index (κ2) is 6.50. The number of hydrogen-bond donors (Lipinski definition) is 2. The minimum absolute atomic E-state index is 0.115. The number of aliphatic hydroxyl groups excluding tert-OH is 1. The van der Waals surface area contributed by atoms with Crippen LogP contribution in [0.4, 0.5) is 0 Å². The van der Waals surface area contributed by atoms with E-state index in [-0.39, 0.29) is 17.3 Å². The Labute approximate surface area is 136 Å². The van der Waals surface area contributed by atoms with Crippen molar-refractivity contribution in [2.45, 2.75) is 6.42 Å². The van der Waals surface area contributed by atoms with Gasteiger partial charge in [-0.05, 0) is 29.8 Å². The maximum Gasteiger partial charge on any atom is 0.224 e. The number of nitrogens with zero attached hydrogens (tertiary/aromatic N) is 2. The topological polar surface area (TPSA) is 92.0 Å². The van der Waals surface area contributed by atoms with Crippen molar-refractivity contribution in [1.82, 2.24) is 15.2 Å². The fourth-order valence-electron chi connectivity index (χ4n) is 2.05. The number of carbonyl (C=O) groups excluding carboxylic acids is 1. The van der Waals surface area contributed by atoms with Gasteiger partial charge in [0.05, 0.1) is 0 Å². The van der Waals surface area contributed by atoms with Crippen LogP contribution in [0.25, 0.3) is 5.76 Å². The predicted molar refractivity (Wildman–Crippen MR) is 84.3 cm³/mol. The third-order valence-corrected chi connectivity index (χ3v) is 3.33. The highest BCUT2D eigenvalue weighted by molar-refractivity contribution is 6.30. The van der Waals surface area contributed by atoms with Gasteiger partial charge >= 0.3 is 0 Å². The van der Waals surface area contributed by atoms with Gasteiger partial charge in [0.1, 0.15) is 12.1 Å². The molecule has 0 aliphatic heterocycles. The van der Waals surface area contributed by atoms with E-state index in [1.54, 1.807) is 18.2 Å². The molecule has 0 atom stereocenters. The van der Waals surface area contributed by atoms with E-state index in [4.69, 9.17) is 16.0 Å². The van der Waals surface area contributed by atoms with Crippen molar-refractivity contribution >= 4 is 23.1 Å². The van der Waals surface area contributed by atoms with Crippen molar-refractivity contribution < 1.29 is 14.3 Å². The molecule has 6 nitrogen and oxygen atoms in total. The van der Waals surface area contributed by atoms with E-state index in [0.29, 0.717) is 17.2 Å². The summed E-state index contributed by atoms with van der Waals surface area (Å²) in [6.45, 7) is 0. The van der Waals surface area contributed by atoms with Crippen LogP contribution in [-0.4, -0.2) is 26.1 Å². The van der Waals surface area contributed by atoms with Crippen LogP contribution in [0.1, 0.15) is 27.7 Å². The highest BCUT2D eigenvalue weighted by Gasteiger charge is 2.12. The molecule has 0 fully saturated rings. The molecule has 0 aliphatic rings. The second-order valence-corrected chi connectivity index (χ2v) is 5.24. The van der Waals surface area contributed by atoms with Crippen LogP contribution in [0.2, 0.25) is 5.02 Å². The Balaban J connectivity index is 1.74. The number of hydrogen-bond acceptors (Lipinski definition) is 5. The summed E-state index contributed by atoms with van der Waals surface area (Å²) in [6.07, 6.45) is 2.79. The Kier molecular flexibility index (Phi) is 4.25. The molecule has 0 radical (unpaired) electrons. The number of rotatable bonds is 5. The zero-order valence-corrected chi connectivity index (χ0v) is 12.6. The maximum atomic E-state index is 12.1. The van der Waals surface area contributed by atoms with Gasteiger partial charge in [-0.1, -0.05) is 23.7 Å². The lowest BCUT2D eigenvalue weighted by molar-refractivity contribution is 0.101. The first-order chi connectivity index (χ1) is 11.1. The highest BCUT2D eigenvalue weighted by atomic mass is 35.5. The third kappa shape index (κ3) is 3.67. The summed E-state index contributed by atoms with van der Waals surface area (Å²) in [5.74, 6) is 0.108. The van der Waals surface area contributed by atoms with Crippen LogP contribution in [0.3, 0.4) is 0 Å². The van der Waals surface area contributed by atoms with Crippen molar-refractivity contribution in [2.75, 3.05) is 0 Å². The number of nitrogens with one attached hydrogen (secondary N) is 1. The smallest absolute Gasteiger partial charge is 0.224 e. The van der Waals surface area contributed by atoms with E-state index >= 15 is 0 Å². The number of ketones is 1. The van der Waals surface area contributed by atoms with E-state index in [1.807, 2.05) is 18.2 Å². The molecule has 23 heavy (non-hydrogen) atoms. The number of furan rings is 1. The van der Waals surface area contributed by atoms with E-state index in [2.05, 4.69) is 15.2 Å². The molecule has 116 valence electrons. The van der Waals surface area contributed by atoms with Crippen molar-refractivity contribution in [3.63, 3.8) is 0 Å². The Morgan fingerprint density at radius 2 is 2.22 bits per heavy atom. The van der Waals surface area contributed by atoms with Crippen LogP contribution < -0.4 is 0 Å². The van der Waals surface area contributed by atoms with Crippen LogP contribution in [0.15, 0.2) is 53.2 Å². The monoisotopic (exact) mass is 329 g/mol. The van der Waals surface area contributed by atoms with Gasteiger partial charge in [0.15, 0.2) is 17.3 Å². The van der Waals surface area contributed by atoms with Gasteiger partial charge in [-0.2, -0.15) is 5.10 Å². The number of aromatic amines is 1. The molecule has 0 bridgehead atoms. The molecule has 0 saturated heterocycles. The quantitative estimate of drug-likeness (QED) is 0.425. The van der Waals surface area contributed by atoms with Gasteiger partial charge in [0, 0.05) is 17.5 Å². The van der Waals surface area contributed by atoms with E-state index in [9.17, 15) is 9.90 Å². The molecule has 7 heteroatoms. The molecule has 0 aliphatic carbocycles. The van der Waals surface area contributed by atoms with Crippen LogP contribution in [0, 0.1) is 0 Å².